The molecule has 2 aromatic carbocycles. The van der Waals surface area contributed by atoms with Crippen molar-refractivity contribution in [2.75, 3.05) is 27.7 Å². The monoisotopic (exact) mass is 533 g/mol. The number of ketones is 2. The summed E-state index contributed by atoms with van der Waals surface area (Å²) in [6.07, 6.45) is 8.75. The first-order valence-electron chi connectivity index (χ1n) is 11.9. The molecule has 0 saturated carbocycles. The Bertz CT molecular complexity index is 1050. The Labute approximate surface area is 212 Å². The number of halogens is 1. The average Bonchev–Trinajstić information content (AvgIpc) is 2.75. The Morgan fingerprint density at radius 2 is 1.35 bits per heavy atom. The lowest BCUT2D eigenvalue weighted by Gasteiger charge is -2.30. The van der Waals surface area contributed by atoms with E-state index in [4.69, 9.17) is 4.74 Å². The highest BCUT2D eigenvalue weighted by molar-refractivity contribution is 6.30. The molecular formula is C27H36BrNO5. The van der Waals surface area contributed by atoms with Crippen molar-refractivity contribution in [3.8, 4) is 17.2 Å². The Hall–Kier alpha value is -2.38. The van der Waals surface area contributed by atoms with Gasteiger partial charge in [0.15, 0.2) is 5.78 Å². The van der Waals surface area contributed by atoms with Gasteiger partial charge in [0.2, 0.25) is 5.78 Å². The van der Waals surface area contributed by atoms with Crippen LogP contribution in [-0.2, 0) is 6.54 Å². The smallest absolute Gasteiger partial charge is 0.201 e. The molecule has 0 bridgehead atoms. The van der Waals surface area contributed by atoms with Crippen LogP contribution in [-0.4, -0.2) is 54.0 Å². The number of hydrogen-bond donors (Lipinski definition) is 2. The molecule has 0 unspecified atom stereocenters. The van der Waals surface area contributed by atoms with Gasteiger partial charge in [-0.15, -0.1) is 0 Å². The number of rotatable bonds is 11. The number of unbranched alkanes of at least 4 members (excludes halogenated alkanes) is 6. The molecule has 0 radical (unpaired) electrons. The number of aromatic hydroxyl groups is 2. The molecule has 0 aliphatic heterocycles. The SMILES string of the molecule is CCCCCCCCC[N+](C)(C)Cc1cc(O)c2c(c1)C(=O)c1cc(OC)cc(O)c1C2=O.[Br-]. The summed E-state index contributed by atoms with van der Waals surface area (Å²) in [7, 11) is 5.71. The standard InChI is InChI=1S/C27H35NO5.BrH/c1-5-6-7-8-9-10-11-12-28(2,3)17-18-13-20-24(22(29)14-18)27(32)25-21(26(20)31)15-19(33-4)16-23(25)30;/h13-16H,5-12,17H2,1-4H3,(H-,29,30,32);1H. The van der Waals surface area contributed by atoms with Crippen molar-refractivity contribution in [1.82, 2.24) is 0 Å². The number of hydrogen-bond acceptors (Lipinski definition) is 5. The van der Waals surface area contributed by atoms with Crippen molar-refractivity contribution < 1.29 is 46.0 Å². The van der Waals surface area contributed by atoms with Crippen LogP contribution in [0.15, 0.2) is 24.3 Å². The van der Waals surface area contributed by atoms with E-state index in [1.807, 2.05) is 0 Å². The lowest BCUT2D eigenvalue weighted by atomic mass is 9.82. The molecule has 34 heavy (non-hydrogen) atoms. The third-order valence-electron chi connectivity index (χ3n) is 6.43. The van der Waals surface area contributed by atoms with E-state index >= 15 is 0 Å². The maximum absolute atomic E-state index is 13.2. The number of phenols is 2. The molecule has 2 N–H and O–H groups in total. The van der Waals surface area contributed by atoms with Gasteiger partial charge >= 0.3 is 0 Å². The van der Waals surface area contributed by atoms with Crippen LogP contribution in [0.25, 0.3) is 0 Å². The average molecular weight is 534 g/mol. The highest BCUT2D eigenvalue weighted by Crippen LogP contribution is 2.39. The number of methoxy groups -OCH3 is 1. The summed E-state index contributed by atoms with van der Waals surface area (Å²) < 4.78 is 5.87. The number of fused-ring (bicyclic) bond motifs is 2. The molecule has 0 aromatic heterocycles. The first kappa shape index (κ1) is 27.9. The van der Waals surface area contributed by atoms with Crippen molar-refractivity contribution >= 4 is 11.6 Å². The van der Waals surface area contributed by atoms with Gasteiger partial charge in [0.1, 0.15) is 23.8 Å². The number of benzene rings is 2. The van der Waals surface area contributed by atoms with Gasteiger partial charge in [0, 0.05) is 22.8 Å². The minimum absolute atomic E-state index is 0. The highest BCUT2D eigenvalue weighted by Gasteiger charge is 2.35. The van der Waals surface area contributed by atoms with Crippen molar-refractivity contribution in [1.29, 1.82) is 0 Å². The second-order valence-corrected chi connectivity index (χ2v) is 9.70. The summed E-state index contributed by atoms with van der Waals surface area (Å²) >= 11 is 0. The molecule has 0 fully saturated rings. The van der Waals surface area contributed by atoms with Gasteiger partial charge in [-0.2, -0.15) is 0 Å². The van der Waals surface area contributed by atoms with Gasteiger partial charge in [-0.1, -0.05) is 39.0 Å². The van der Waals surface area contributed by atoms with Crippen LogP contribution >= 0.6 is 0 Å². The van der Waals surface area contributed by atoms with Crippen molar-refractivity contribution in [3.05, 3.63) is 52.1 Å². The second-order valence-electron chi connectivity index (χ2n) is 9.70. The zero-order valence-corrected chi connectivity index (χ0v) is 22.2. The van der Waals surface area contributed by atoms with Crippen LogP contribution in [0.4, 0.5) is 0 Å². The molecule has 0 amide bonds. The molecule has 2 aromatic rings. The third-order valence-corrected chi connectivity index (χ3v) is 6.43. The molecular weight excluding hydrogens is 498 g/mol. The Morgan fingerprint density at radius 1 is 0.794 bits per heavy atom. The molecule has 0 atom stereocenters. The summed E-state index contributed by atoms with van der Waals surface area (Å²) in [4.78, 5) is 26.3. The fraction of sp³-hybridized carbons (Fsp3) is 0.481. The van der Waals surface area contributed by atoms with Gasteiger partial charge in [0.05, 0.1) is 38.9 Å². The van der Waals surface area contributed by atoms with Crippen LogP contribution in [0, 0.1) is 0 Å². The quantitative estimate of drug-likeness (QED) is 0.291. The second kappa shape index (κ2) is 11.8. The van der Waals surface area contributed by atoms with E-state index < -0.39 is 11.6 Å². The molecule has 1 aliphatic rings. The van der Waals surface area contributed by atoms with E-state index in [1.54, 1.807) is 12.1 Å². The lowest BCUT2D eigenvalue weighted by Crippen LogP contribution is -3.00. The summed E-state index contributed by atoms with van der Waals surface area (Å²) in [5.41, 5.74) is 0.931. The van der Waals surface area contributed by atoms with Gasteiger partial charge in [-0.25, -0.2) is 0 Å². The van der Waals surface area contributed by atoms with Crippen LogP contribution < -0.4 is 21.7 Å². The predicted molar refractivity (Wildman–Crippen MR) is 128 cm³/mol. The summed E-state index contributed by atoms with van der Waals surface area (Å²) in [5, 5.41) is 21.0. The van der Waals surface area contributed by atoms with Crippen LogP contribution in [0.3, 0.4) is 0 Å². The molecule has 0 saturated heterocycles. The van der Waals surface area contributed by atoms with Gasteiger partial charge in [-0.3, -0.25) is 9.59 Å². The molecule has 0 heterocycles. The van der Waals surface area contributed by atoms with E-state index in [9.17, 15) is 19.8 Å². The van der Waals surface area contributed by atoms with Crippen LogP contribution in [0.2, 0.25) is 0 Å². The first-order valence-corrected chi connectivity index (χ1v) is 11.9. The summed E-state index contributed by atoms with van der Waals surface area (Å²) in [5.74, 6) is -1.21. The first-order chi connectivity index (χ1) is 15.7. The highest BCUT2D eigenvalue weighted by atomic mass is 79.9. The van der Waals surface area contributed by atoms with E-state index in [0.29, 0.717) is 12.3 Å². The maximum atomic E-state index is 13.2. The summed E-state index contributed by atoms with van der Waals surface area (Å²) in [6, 6.07) is 6.03. The maximum Gasteiger partial charge on any atom is 0.201 e. The largest absolute Gasteiger partial charge is 1.00 e. The topological polar surface area (TPSA) is 83.8 Å². The molecule has 7 heteroatoms. The van der Waals surface area contributed by atoms with Crippen molar-refractivity contribution in [3.63, 3.8) is 0 Å². The minimum atomic E-state index is -0.555. The fourth-order valence-electron chi connectivity index (χ4n) is 4.67. The van der Waals surface area contributed by atoms with E-state index in [0.717, 1.165) is 23.0 Å². The Kier molecular flexibility index (Phi) is 9.71. The Balaban J connectivity index is 0.00000408. The number of carbonyl (C=O) groups excluding carboxylic acids is 2. The van der Waals surface area contributed by atoms with Crippen molar-refractivity contribution in [2.24, 2.45) is 0 Å². The number of carbonyl (C=O) groups is 2. The molecule has 6 nitrogen and oxygen atoms in total. The zero-order valence-electron chi connectivity index (χ0n) is 20.6. The molecule has 0 spiro atoms. The Morgan fingerprint density at radius 3 is 1.97 bits per heavy atom. The molecule has 186 valence electrons. The normalized spacial score (nSPS) is 12.7. The molecule has 1 aliphatic carbocycles. The number of quaternary nitrogens is 1. The summed E-state index contributed by atoms with van der Waals surface area (Å²) in [6.45, 7) is 3.85. The fourth-order valence-corrected chi connectivity index (χ4v) is 4.67. The minimum Gasteiger partial charge on any atom is -1.00 e. The number of phenolic OH excluding ortho intramolecular Hbond substituents is 2. The van der Waals surface area contributed by atoms with Gasteiger partial charge in [0.25, 0.3) is 0 Å². The van der Waals surface area contributed by atoms with E-state index in [-0.39, 0.29) is 50.7 Å². The van der Waals surface area contributed by atoms with E-state index in [1.165, 1.54) is 57.8 Å². The molecule has 3 rings (SSSR count). The van der Waals surface area contributed by atoms with Gasteiger partial charge in [-0.05, 0) is 31.0 Å². The number of ether oxygens (including phenoxy) is 1. The number of nitrogens with zero attached hydrogens (tertiary/aromatic N) is 1. The lowest BCUT2D eigenvalue weighted by molar-refractivity contribution is -0.903. The van der Waals surface area contributed by atoms with E-state index in [2.05, 4.69) is 21.0 Å². The van der Waals surface area contributed by atoms with Crippen LogP contribution in [0.1, 0.15) is 89.3 Å². The van der Waals surface area contributed by atoms with Crippen molar-refractivity contribution in [2.45, 2.75) is 58.4 Å². The predicted octanol–water partition coefficient (Wildman–Crippen LogP) is 2.21. The van der Waals surface area contributed by atoms with Gasteiger partial charge < -0.3 is 36.4 Å². The third kappa shape index (κ3) is 6.19. The van der Waals surface area contributed by atoms with Crippen LogP contribution in [0.5, 0.6) is 17.2 Å². The zero-order chi connectivity index (χ0) is 24.2.